The molecule has 0 aliphatic heterocycles. The molecule has 1 heterocycles. The second-order valence-electron chi connectivity index (χ2n) is 4.58. The number of ketones is 1. The van der Waals surface area contributed by atoms with Gasteiger partial charge in [-0.15, -0.1) is 0 Å². The van der Waals surface area contributed by atoms with Gasteiger partial charge in [0.05, 0.1) is 5.52 Å². The van der Waals surface area contributed by atoms with Crippen LogP contribution in [0.4, 0.5) is 0 Å². The first-order valence-electron chi connectivity index (χ1n) is 6.65. The molecule has 0 saturated heterocycles. The van der Waals surface area contributed by atoms with Gasteiger partial charge in [-0.25, -0.2) is 4.79 Å². The quantitative estimate of drug-likeness (QED) is 0.368. The molecule has 0 saturated carbocycles. The minimum absolute atomic E-state index is 0.0118. The molecule has 5 nitrogen and oxygen atoms in total. The van der Waals surface area contributed by atoms with Gasteiger partial charge in [-0.1, -0.05) is 30.9 Å². The van der Waals surface area contributed by atoms with Crippen molar-refractivity contribution < 1.29 is 19.1 Å². The van der Waals surface area contributed by atoms with E-state index in [0.717, 1.165) is 17.0 Å². The molecular formula is C17H15NO4. The van der Waals surface area contributed by atoms with Crippen LogP contribution in [0, 0.1) is 0 Å². The summed E-state index contributed by atoms with van der Waals surface area (Å²) in [7, 11) is 0. The number of fused-ring (bicyclic) bond motifs is 1. The maximum absolute atomic E-state index is 11.6. The molecule has 0 unspecified atom stereocenters. The van der Waals surface area contributed by atoms with Crippen molar-refractivity contribution in [2.75, 3.05) is 6.61 Å². The van der Waals surface area contributed by atoms with Crippen molar-refractivity contribution >= 4 is 34.6 Å². The molecule has 5 heteroatoms. The smallest absolute Gasteiger partial charge is 0.379 e. The highest BCUT2D eigenvalue weighted by molar-refractivity contribution is 6.39. The number of hydrogen-bond donors (Lipinski definition) is 0. The molecule has 0 aliphatic rings. The summed E-state index contributed by atoms with van der Waals surface area (Å²) in [4.78, 5) is 34.6. The van der Waals surface area contributed by atoms with Gasteiger partial charge in [-0.3, -0.25) is 14.2 Å². The predicted molar refractivity (Wildman–Crippen MR) is 83.4 cm³/mol. The molecule has 1 aromatic carbocycles. The molecule has 2 rings (SSSR count). The predicted octanol–water partition coefficient (Wildman–Crippen LogP) is 2.61. The van der Waals surface area contributed by atoms with E-state index < -0.39 is 11.8 Å². The number of rotatable bonds is 5. The van der Waals surface area contributed by atoms with Crippen LogP contribution >= 0.6 is 0 Å². The molecule has 0 radical (unpaired) electrons. The number of hydrogen-bond acceptors (Lipinski definition) is 4. The first-order chi connectivity index (χ1) is 10.5. The summed E-state index contributed by atoms with van der Waals surface area (Å²) in [5.74, 6) is -1.83. The molecule has 22 heavy (non-hydrogen) atoms. The molecule has 0 amide bonds. The van der Waals surface area contributed by atoms with E-state index in [-0.39, 0.29) is 12.5 Å². The number of carbonyl (C=O) groups excluding carboxylic acids is 3. The first-order valence-corrected chi connectivity index (χ1v) is 6.65. The Bertz CT molecular complexity index is 783. The fourth-order valence-electron chi connectivity index (χ4n) is 2.04. The Kier molecular flexibility index (Phi) is 4.68. The van der Waals surface area contributed by atoms with E-state index in [1.807, 2.05) is 24.3 Å². The molecule has 0 spiro atoms. The van der Waals surface area contributed by atoms with Crippen LogP contribution in [0.2, 0.25) is 0 Å². The lowest BCUT2D eigenvalue weighted by molar-refractivity contribution is -0.150. The van der Waals surface area contributed by atoms with Crippen molar-refractivity contribution in [1.82, 2.24) is 4.57 Å². The zero-order valence-corrected chi connectivity index (χ0v) is 12.1. The third-order valence-electron chi connectivity index (χ3n) is 3.03. The second kappa shape index (κ2) is 6.67. The van der Waals surface area contributed by atoms with Crippen LogP contribution in [0.25, 0.3) is 17.0 Å². The van der Waals surface area contributed by atoms with E-state index in [1.54, 1.807) is 6.20 Å². The zero-order valence-electron chi connectivity index (χ0n) is 12.1. The lowest BCUT2D eigenvalue weighted by Gasteiger charge is -1.97. The number of benzene rings is 1. The molecular weight excluding hydrogens is 282 g/mol. The van der Waals surface area contributed by atoms with Crippen LogP contribution in [-0.4, -0.2) is 28.8 Å². The van der Waals surface area contributed by atoms with E-state index >= 15 is 0 Å². The van der Waals surface area contributed by atoms with Crippen LogP contribution in [0.5, 0.6) is 0 Å². The van der Waals surface area contributed by atoms with Crippen molar-refractivity contribution in [1.29, 1.82) is 0 Å². The second-order valence-corrected chi connectivity index (χ2v) is 4.58. The standard InChI is InChI=1S/C17H15NO4/c1-3-10-22-17(21)16(20)9-8-13-11-18(12(2)19)15-7-5-4-6-14(13)15/h3-9,11H,1,10H2,2H3. The summed E-state index contributed by atoms with van der Waals surface area (Å²) < 4.78 is 6.15. The normalized spacial score (nSPS) is 10.8. The van der Waals surface area contributed by atoms with Crippen molar-refractivity contribution in [3.8, 4) is 0 Å². The van der Waals surface area contributed by atoms with E-state index in [2.05, 4.69) is 11.3 Å². The van der Waals surface area contributed by atoms with Crippen molar-refractivity contribution in [3.63, 3.8) is 0 Å². The van der Waals surface area contributed by atoms with Gasteiger partial charge < -0.3 is 4.74 Å². The number of nitrogens with zero attached hydrogens (tertiary/aromatic N) is 1. The van der Waals surface area contributed by atoms with Crippen LogP contribution in [-0.2, 0) is 14.3 Å². The summed E-state index contributed by atoms with van der Waals surface area (Å²) in [6.07, 6.45) is 5.65. The summed E-state index contributed by atoms with van der Waals surface area (Å²) in [5, 5.41) is 0.821. The molecule has 2 aromatic rings. The van der Waals surface area contributed by atoms with Crippen molar-refractivity contribution in [3.05, 3.63) is 54.8 Å². The van der Waals surface area contributed by atoms with Gasteiger partial charge in [-0.05, 0) is 18.2 Å². The summed E-state index contributed by atoms with van der Waals surface area (Å²) >= 11 is 0. The maximum atomic E-state index is 11.6. The third-order valence-corrected chi connectivity index (χ3v) is 3.03. The highest BCUT2D eigenvalue weighted by atomic mass is 16.5. The Morgan fingerprint density at radius 1 is 1.27 bits per heavy atom. The lowest BCUT2D eigenvalue weighted by Crippen LogP contribution is -2.14. The van der Waals surface area contributed by atoms with Gasteiger partial charge in [0.15, 0.2) is 0 Å². The van der Waals surface area contributed by atoms with Crippen molar-refractivity contribution in [2.45, 2.75) is 6.92 Å². The number of ether oxygens (including phenoxy) is 1. The summed E-state index contributed by atoms with van der Waals surface area (Å²) in [6.45, 7) is 4.84. The van der Waals surface area contributed by atoms with Crippen LogP contribution in [0.1, 0.15) is 17.3 Å². The van der Waals surface area contributed by atoms with Crippen LogP contribution in [0.3, 0.4) is 0 Å². The van der Waals surface area contributed by atoms with Gasteiger partial charge in [0.25, 0.3) is 5.78 Å². The van der Waals surface area contributed by atoms with Gasteiger partial charge in [0.1, 0.15) is 6.61 Å². The van der Waals surface area contributed by atoms with E-state index in [9.17, 15) is 14.4 Å². The van der Waals surface area contributed by atoms with E-state index in [1.165, 1.54) is 23.6 Å². The Morgan fingerprint density at radius 3 is 2.68 bits per heavy atom. The zero-order chi connectivity index (χ0) is 16.1. The monoisotopic (exact) mass is 297 g/mol. The van der Waals surface area contributed by atoms with Crippen LogP contribution in [0.15, 0.2) is 49.2 Å². The fourth-order valence-corrected chi connectivity index (χ4v) is 2.04. The Morgan fingerprint density at radius 2 is 2.00 bits per heavy atom. The highest BCUT2D eigenvalue weighted by Gasteiger charge is 2.12. The largest absolute Gasteiger partial charge is 0.455 e. The summed E-state index contributed by atoms with van der Waals surface area (Å²) in [6, 6.07) is 7.32. The fraction of sp³-hybridized carbons (Fsp3) is 0.118. The molecule has 112 valence electrons. The van der Waals surface area contributed by atoms with Gasteiger partial charge >= 0.3 is 5.97 Å². The number of esters is 1. The van der Waals surface area contributed by atoms with E-state index in [0.29, 0.717) is 5.56 Å². The topological polar surface area (TPSA) is 65.4 Å². The molecule has 0 fully saturated rings. The SMILES string of the molecule is C=CCOC(=O)C(=O)C=Cc1cn(C(C)=O)c2ccccc12. The average Bonchev–Trinajstić information content (AvgIpc) is 2.89. The van der Waals surface area contributed by atoms with Gasteiger partial charge in [0.2, 0.25) is 5.91 Å². The van der Waals surface area contributed by atoms with E-state index in [4.69, 9.17) is 0 Å². The Labute approximate surface area is 127 Å². The van der Waals surface area contributed by atoms with Crippen LogP contribution < -0.4 is 0 Å². The molecule has 0 N–H and O–H groups in total. The minimum atomic E-state index is -0.938. The molecule has 0 bridgehead atoms. The minimum Gasteiger partial charge on any atom is -0.455 e. The highest BCUT2D eigenvalue weighted by Crippen LogP contribution is 2.22. The molecule has 0 atom stereocenters. The average molecular weight is 297 g/mol. The Hall–Kier alpha value is -2.95. The third kappa shape index (κ3) is 3.20. The van der Waals surface area contributed by atoms with Crippen molar-refractivity contribution in [2.24, 2.45) is 0 Å². The summed E-state index contributed by atoms with van der Waals surface area (Å²) in [5.41, 5.74) is 1.42. The number of aromatic nitrogens is 1. The Balaban J connectivity index is 2.30. The number of carbonyl (C=O) groups is 3. The molecule has 1 aromatic heterocycles. The van der Waals surface area contributed by atoms with Gasteiger partial charge in [-0.2, -0.15) is 0 Å². The number of para-hydroxylation sites is 1. The maximum Gasteiger partial charge on any atom is 0.379 e. The molecule has 0 aliphatic carbocycles. The lowest BCUT2D eigenvalue weighted by atomic mass is 10.1. The first kappa shape index (κ1) is 15.4. The van der Waals surface area contributed by atoms with Gasteiger partial charge in [0, 0.05) is 24.1 Å².